The van der Waals surface area contributed by atoms with E-state index in [4.69, 9.17) is 4.42 Å². The van der Waals surface area contributed by atoms with Crippen LogP contribution in [0.2, 0.25) is 0 Å². The van der Waals surface area contributed by atoms with Gasteiger partial charge in [-0.3, -0.25) is 0 Å². The zero-order chi connectivity index (χ0) is 7.68. The van der Waals surface area contributed by atoms with Gasteiger partial charge in [-0.15, -0.1) is 11.3 Å². The fourth-order valence-corrected chi connectivity index (χ4v) is 1.52. The summed E-state index contributed by atoms with van der Waals surface area (Å²) in [7, 11) is 0. The van der Waals surface area contributed by atoms with Crippen molar-refractivity contribution < 1.29 is 4.42 Å². The molecule has 0 unspecified atom stereocenters. The lowest BCUT2D eigenvalue weighted by atomic mass is 10.5. The van der Waals surface area contributed by atoms with Crippen LogP contribution in [-0.2, 0) is 0 Å². The van der Waals surface area contributed by atoms with Crippen molar-refractivity contribution in [2.75, 3.05) is 0 Å². The Labute approximate surface area is 67.7 Å². The van der Waals surface area contributed by atoms with Gasteiger partial charge in [0.1, 0.15) is 11.1 Å². The molecule has 11 heavy (non-hydrogen) atoms. The molecule has 0 saturated carbocycles. The van der Waals surface area contributed by atoms with Gasteiger partial charge in [0.25, 0.3) is 0 Å². The summed E-state index contributed by atoms with van der Waals surface area (Å²) in [5.41, 5.74) is 0. The molecule has 2 rings (SSSR count). The average molecular weight is 166 g/mol. The smallest absolute Gasteiger partial charge is 0.237 e. The minimum Gasteiger partial charge on any atom is -0.444 e. The summed E-state index contributed by atoms with van der Waals surface area (Å²) >= 11 is 1.58. The molecule has 0 amide bonds. The lowest BCUT2D eigenvalue weighted by molar-refractivity contribution is 0.576. The van der Waals surface area contributed by atoms with Gasteiger partial charge in [-0.25, -0.2) is 9.97 Å². The predicted molar refractivity (Wildman–Crippen MR) is 42.3 cm³/mol. The molecule has 2 aromatic heterocycles. The molecule has 0 radical (unpaired) electrons. The van der Waals surface area contributed by atoms with Crippen LogP contribution >= 0.6 is 11.3 Å². The Bertz CT molecular complexity index is 339. The lowest BCUT2D eigenvalue weighted by Crippen LogP contribution is -1.66. The SMILES string of the molecule is Cc1ncc(-c2ncco2)s1. The van der Waals surface area contributed by atoms with E-state index < -0.39 is 0 Å². The number of hydrogen-bond acceptors (Lipinski definition) is 4. The largest absolute Gasteiger partial charge is 0.444 e. The van der Waals surface area contributed by atoms with Crippen LogP contribution < -0.4 is 0 Å². The van der Waals surface area contributed by atoms with Gasteiger partial charge >= 0.3 is 0 Å². The van der Waals surface area contributed by atoms with Crippen LogP contribution in [0.25, 0.3) is 10.8 Å². The van der Waals surface area contributed by atoms with Crippen molar-refractivity contribution in [2.45, 2.75) is 6.92 Å². The molecule has 0 aliphatic rings. The van der Waals surface area contributed by atoms with Gasteiger partial charge in [0.2, 0.25) is 5.89 Å². The Morgan fingerprint density at radius 2 is 2.36 bits per heavy atom. The first-order valence-corrected chi connectivity index (χ1v) is 4.00. The molecule has 0 aliphatic carbocycles. The second kappa shape index (κ2) is 2.47. The van der Waals surface area contributed by atoms with E-state index in [0.717, 1.165) is 9.88 Å². The molecule has 2 heterocycles. The Kier molecular flexibility index (Phi) is 1.47. The predicted octanol–water partition coefficient (Wildman–Crippen LogP) is 2.11. The van der Waals surface area contributed by atoms with Gasteiger partial charge in [-0.2, -0.15) is 0 Å². The third kappa shape index (κ3) is 1.17. The molecule has 0 saturated heterocycles. The third-order valence-electron chi connectivity index (χ3n) is 1.26. The first-order valence-electron chi connectivity index (χ1n) is 3.18. The number of oxazole rings is 1. The first kappa shape index (κ1) is 6.54. The zero-order valence-corrected chi connectivity index (χ0v) is 6.76. The van der Waals surface area contributed by atoms with Gasteiger partial charge in [-0.1, -0.05) is 0 Å². The third-order valence-corrected chi connectivity index (χ3v) is 2.17. The molecule has 0 aromatic carbocycles. The molecular formula is C7H6N2OS. The molecule has 0 atom stereocenters. The summed E-state index contributed by atoms with van der Waals surface area (Å²) in [5.74, 6) is 0.649. The zero-order valence-electron chi connectivity index (χ0n) is 5.94. The highest BCUT2D eigenvalue weighted by Gasteiger charge is 2.04. The van der Waals surface area contributed by atoms with Gasteiger partial charge < -0.3 is 4.42 Å². The number of thiazole rings is 1. The molecular weight excluding hydrogens is 160 g/mol. The second-order valence-corrected chi connectivity index (χ2v) is 3.32. The summed E-state index contributed by atoms with van der Waals surface area (Å²) in [6.45, 7) is 1.96. The molecule has 0 aliphatic heterocycles. The fraction of sp³-hybridized carbons (Fsp3) is 0.143. The lowest BCUT2D eigenvalue weighted by Gasteiger charge is -1.82. The van der Waals surface area contributed by atoms with Crippen LogP contribution in [0.5, 0.6) is 0 Å². The summed E-state index contributed by atoms with van der Waals surface area (Å²) < 4.78 is 5.09. The first-order chi connectivity index (χ1) is 5.36. The van der Waals surface area contributed by atoms with Crippen molar-refractivity contribution in [3.63, 3.8) is 0 Å². The standard InChI is InChI=1S/C7H6N2OS/c1-5-9-4-6(11-5)7-8-2-3-10-7/h2-4H,1H3. The summed E-state index contributed by atoms with van der Waals surface area (Å²) in [6.07, 6.45) is 4.96. The fourth-order valence-electron chi connectivity index (χ4n) is 0.805. The topological polar surface area (TPSA) is 38.9 Å². The molecule has 0 bridgehead atoms. The highest BCUT2D eigenvalue weighted by atomic mass is 32.1. The van der Waals surface area contributed by atoms with Gasteiger partial charge in [0.05, 0.1) is 17.4 Å². The number of nitrogens with zero attached hydrogens (tertiary/aromatic N) is 2. The Hall–Kier alpha value is -1.16. The monoisotopic (exact) mass is 166 g/mol. The normalized spacial score (nSPS) is 10.3. The van der Waals surface area contributed by atoms with Crippen LogP contribution in [0.1, 0.15) is 5.01 Å². The van der Waals surface area contributed by atoms with Crippen LogP contribution in [0.15, 0.2) is 23.1 Å². The summed E-state index contributed by atoms with van der Waals surface area (Å²) in [4.78, 5) is 9.07. The number of hydrogen-bond donors (Lipinski definition) is 0. The van der Waals surface area contributed by atoms with Gasteiger partial charge in [-0.05, 0) is 6.92 Å². The molecule has 3 nitrogen and oxygen atoms in total. The van der Waals surface area contributed by atoms with Crippen LogP contribution in [-0.4, -0.2) is 9.97 Å². The van der Waals surface area contributed by atoms with E-state index in [1.54, 1.807) is 30.0 Å². The average Bonchev–Trinajstić information content (AvgIpc) is 2.55. The van der Waals surface area contributed by atoms with Gasteiger partial charge in [0.15, 0.2) is 0 Å². The number of aromatic nitrogens is 2. The minimum atomic E-state index is 0.649. The van der Waals surface area contributed by atoms with Crippen molar-refractivity contribution in [3.05, 3.63) is 23.7 Å². The van der Waals surface area contributed by atoms with Crippen molar-refractivity contribution >= 4 is 11.3 Å². The molecule has 0 fully saturated rings. The summed E-state index contributed by atoms with van der Waals surface area (Å²) in [5, 5.41) is 1.03. The molecule has 56 valence electrons. The highest BCUT2D eigenvalue weighted by molar-refractivity contribution is 7.14. The molecule has 2 aromatic rings. The molecule has 0 N–H and O–H groups in total. The quantitative estimate of drug-likeness (QED) is 0.651. The van der Waals surface area contributed by atoms with Crippen molar-refractivity contribution in [2.24, 2.45) is 0 Å². The highest BCUT2D eigenvalue weighted by Crippen LogP contribution is 2.23. The van der Waals surface area contributed by atoms with Crippen LogP contribution in [0.4, 0.5) is 0 Å². The maximum Gasteiger partial charge on any atom is 0.237 e. The summed E-state index contributed by atoms with van der Waals surface area (Å²) in [6, 6.07) is 0. The van der Waals surface area contributed by atoms with Crippen LogP contribution in [0, 0.1) is 6.92 Å². The van der Waals surface area contributed by atoms with E-state index in [2.05, 4.69) is 9.97 Å². The van der Waals surface area contributed by atoms with Crippen molar-refractivity contribution in [1.29, 1.82) is 0 Å². The van der Waals surface area contributed by atoms with Crippen LogP contribution in [0.3, 0.4) is 0 Å². The number of rotatable bonds is 1. The van der Waals surface area contributed by atoms with Crippen molar-refractivity contribution in [1.82, 2.24) is 9.97 Å². The Balaban J connectivity index is 2.45. The van der Waals surface area contributed by atoms with E-state index in [0.29, 0.717) is 5.89 Å². The molecule has 4 heteroatoms. The van der Waals surface area contributed by atoms with E-state index in [-0.39, 0.29) is 0 Å². The van der Waals surface area contributed by atoms with E-state index in [1.807, 2.05) is 6.92 Å². The van der Waals surface area contributed by atoms with E-state index in [1.165, 1.54) is 0 Å². The minimum absolute atomic E-state index is 0.649. The second-order valence-electron chi connectivity index (χ2n) is 2.08. The maximum atomic E-state index is 5.09. The number of aryl methyl sites for hydroxylation is 1. The van der Waals surface area contributed by atoms with Gasteiger partial charge in [0, 0.05) is 0 Å². The molecule has 0 spiro atoms. The van der Waals surface area contributed by atoms with E-state index >= 15 is 0 Å². The Morgan fingerprint density at radius 1 is 1.45 bits per heavy atom. The Morgan fingerprint density at radius 3 is 2.91 bits per heavy atom. The van der Waals surface area contributed by atoms with Crippen molar-refractivity contribution in [3.8, 4) is 10.8 Å². The maximum absolute atomic E-state index is 5.09. The van der Waals surface area contributed by atoms with E-state index in [9.17, 15) is 0 Å².